The summed E-state index contributed by atoms with van der Waals surface area (Å²) in [5, 5.41) is 16.0. The monoisotopic (exact) mass is 155 g/mol. The van der Waals surface area contributed by atoms with E-state index in [-0.39, 0.29) is 0 Å². The highest BCUT2D eigenvalue weighted by atomic mass is 32.1. The van der Waals surface area contributed by atoms with Crippen molar-refractivity contribution in [1.82, 2.24) is 14.8 Å². The number of anilines is 1. The lowest BCUT2D eigenvalue weighted by atomic mass is 10.6. The first-order valence-corrected chi connectivity index (χ1v) is 3.35. The van der Waals surface area contributed by atoms with Crippen molar-refractivity contribution in [2.45, 2.75) is 0 Å². The molecular formula is C4H5N5S. The van der Waals surface area contributed by atoms with Gasteiger partial charge in [-0.1, -0.05) is 9.59 Å². The van der Waals surface area contributed by atoms with Gasteiger partial charge in [0.1, 0.15) is 6.54 Å². The first-order valence-electron chi connectivity index (χ1n) is 2.57. The van der Waals surface area contributed by atoms with Gasteiger partial charge in [-0.25, -0.2) is 0 Å². The van der Waals surface area contributed by atoms with Crippen molar-refractivity contribution >= 4 is 16.7 Å². The number of hydrogen-bond acceptors (Lipinski definition) is 6. The van der Waals surface area contributed by atoms with E-state index in [1.807, 2.05) is 6.07 Å². The Morgan fingerprint density at radius 2 is 2.60 bits per heavy atom. The van der Waals surface area contributed by atoms with Gasteiger partial charge < -0.3 is 4.90 Å². The highest BCUT2D eigenvalue weighted by molar-refractivity contribution is 7.09. The summed E-state index contributed by atoms with van der Waals surface area (Å²) in [6, 6.07) is 1.99. The van der Waals surface area contributed by atoms with Crippen LogP contribution >= 0.6 is 11.5 Å². The molecule has 0 amide bonds. The van der Waals surface area contributed by atoms with Crippen LogP contribution < -0.4 is 4.90 Å². The summed E-state index contributed by atoms with van der Waals surface area (Å²) in [7, 11) is 1.77. The highest BCUT2D eigenvalue weighted by Gasteiger charge is 2.02. The molecule has 0 aliphatic rings. The smallest absolute Gasteiger partial charge is 0.228 e. The van der Waals surface area contributed by atoms with Crippen LogP contribution in [0.25, 0.3) is 0 Å². The topological polar surface area (TPSA) is 65.7 Å². The van der Waals surface area contributed by atoms with E-state index in [2.05, 4.69) is 14.8 Å². The molecule has 0 N–H and O–H groups in total. The Morgan fingerprint density at radius 3 is 3.10 bits per heavy atom. The minimum Gasteiger partial charge on any atom is -0.335 e. The Hall–Kier alpha value is -1.22. The highest BCUT2D eigenvalue weighted by Crippen LogP contribution is 2.09. The lowest BCUT2D eigenvalue weighted by Crippen LogP contribution is -2.16. The van der Waals surface area contributed by atoms with Crippen LogP contribution in [-0.4, -0.2) is 28.4 Å². The van der Waals surface area contributed by atoms with E-state index in [1.54, 1.807) is 11.9 Å². The van der Waals surface area contributed by atoms with Crippen LogP contribution in [-0.2, 0) is 0 Å². The number of hydrogen-bond donors (Lipinski definition) is 0. The van der Waals surface area contributed by atoms with E-state index in [1.165, 1.54) is 11.5 Å². The molecule has 10 heavy (non-hydrogen) atoms. The van der Waals surface area contributed by atoms with Gasteiger partial charge in [-0.05, 0) is 5.21 Å². The average molecular weight is 155 g/mol. The SMILES string of the molecule is CN(CC#N)c1nnns1. The second-order valence-electron chi connectivity index (χ2n) is 1.66. The van der Waals surface area contributed by atoms with Gasteiger partial charge in [-0.2, -0.15) is 5.26 Å². The summed E-state index contributed by atoms with van der Waals surface area (Å²) in [6.45, 7) is 0.316. The van der Waals surface area contributed by atoms with E-state index < -0.39 is 0 Å². The Bertz CT molecular complexity index is 224. The summed E-state index contributed by atoms with van der Waals surface area (Å²) in [6.07, 6.45) is 0. The molecule has 52 valence electrons. The number of nitriles is 1. The van der Waals surface area contributed by atoms with Crippen molar-refractivity contribution in [3.05, 3.63) is 0 Å². The van der Waals surface area contributed by atoms with Crippen molar-refractivity contribution in [3.63, 3.8) is 0 Å². The fraction of sp³-hybridized carbons (Fsp3) is 0.500. The van der Waals surface area contributed by atoms with Crippen LogP contribution in [0.2, 0.25) is 0 Å². The zero-order valence-corrected chi connectivity index (χ0v) is 6.17. The Morgan fingerprint density at radius 1 is 1.80 bits per heavy atom. The molecule has 5 nitrogen and oxygen atoms in total. The molecule has 0 spiro atoms. The molecule has 0 fully saturated rings. The zero-order valence-electron chi connectivity index (χ0n) is 5.35. The van der Waals surface area contributed by atoms with Crippen molar-refractivity contribution < 1.29 is 0 Å². The largest absolute Gasteiger partial charge is 0.335 e. The number of rotatable bonds is 2. The second kappa shape index (κ2) is 3.08. The van der Waals surface area contributed by atoms with Crippen molar-refractivity contribution in [3.8, 4) is 6.07 Å². The predicted octanol–water partition coefficient (Wildman–Crippen LogP) is -0.107. The first-order chi connectivity index (χ1) is 4.84. The zero-order chi connectivity index (χ0) is 7.40. The van der Waals surface area contributed by atoms with Gasteiger partial charge in [0.25, 0.3) is 0 Å². The van der Waals surface area contributed by atoms with Crippen LogP contribution in [0.1, 0.15) is 0 Å². The fourth-order valence-electron chi connectivity index (χ4n) is 0.449. The van der Waals surface area contributed by atoms with E-state index in [0.29, 0.717) is 11.7 Å². The van der Waals surface area contributed by atoms with Gasteiger partial charge in [0.2, 0.25) is 5.13 Å². The molecule has 1 heterocycles. The molecule has 0 radical (unpaired) electrons. The molecular weight excluding hydrogens is 150 g/mol. The third-order valence-electron chi connectivity index (χ3n) is 0.924. The van der Waals surface area contributed by atoms with E-state index in [0.717, 1.165) is 0 Å². The normalized spacial score (nSPS) is 8.80. The quantitative estimate of drug-likeness (QED) is 0.557. The van der Waals surface area contributed by atoms with Crippen molar-refractivity contribution in [2.24, 2.45) is 0 Å². The van der Waals surface area contributed by atoms with Crippen molar-refractivity contribution in [2.75, 3.05) is 18.5 Å². The summed E-state index contributed by atoms with van der Waals surface area (Å²) >= 11 is 1.17. The maximum Gasteiger partial charge on any atom is 0.228 e. The van der Waals surface area contributed by atoms with Crippen LogP contribution in [0.3, 0.4) is 0 Å². The third kappa shape index (κ3) is 1.39. The lowest BCUT2D eigenvalue weighted by molar-refractivity contribution is 0.919. The molecule has 0 saturated carbocycles. The Kier molecular flexibility index (Phi) is 2.12. The van der Waals surface area contributed by atoms with Crippen LogP contribution in [0.15, 0.2) is 0 Å². The van der Waals surface area contributed by atoms with Gasteiger partial charge in [-0.15, -0.1) is 0 Å². The predicted molar refractivity (Wildman–Crippen MR) is 36.6 cm³/mol. The Labute approximate surface area is 62.1 Å². The van der Waals surface area contributed by atoms with E-state index in [4.69, 9.17) is 5.26 Å². The Balaban J connectivity index is 2.61. The van der Waals surface area contributed by atoms with Gasteiger partial charge >= 0.3 is 0 Å². The molecule has 0 atom stereocenters. The molecule has 1 aromatic rings. The van der Waals surface area contributed by atoms with Gasteiger partial charge in [0.05, 0.1) is 6.07 Å². The molecule has 0 aliphatic heterocycles. The molecule has 0 bridgehead atoms. The maximum atomic E-state index is 8.28. The molecule has 0 saturated heterocycles. The summed E-state index contributed by atoms with van der Waals surface area (Å²) in [5.41, 5.74) is 0. The van der Waals surface area contributed by atoms with E-state index in [9.17, 15) is 0 Å². The molecule has 6 heteroatoms. The second-order valence-corrected chi connectivity index (χ2v) is 2.37. The van der Waals surface area contributed by atoms with E-state index >= 15 is 0 Å². The average Bonchev–Trinajstić information content (AvgIpc) is 2.38. The van der Waals surface area contributed by atoms with Gasteiger partial charge in [0.15, 0.2) is 0 Å². The summed E-state index contributed by atoms with van der Waals surface area (Å²) in [4.78, 5) is 1.69. The molecule has 0 unspecified atom stereocenters. The lowest BCUT2D eigenvalue weighted by Gasteiger charge is -2.06. The minimum absolute atomic E-state index is 0.316. The maximum absolute atomic E-state index is 8.28. The molecule has 1 aromatic heterocycles. The third-order valence-corrected chi connectivity index (χ3v) is 1.63. The van der Waals surface area contributed by atoms with Crippen LogP contribution in [0.4, 0.5) is 5.13 Å². The van der Waals surface area contributed by atoms with Gasteiger partial charge in [-0.3, -0.25) is 0 Å². The number of aromatic nitrogens is 3. The van der Waals surface area contributed by atoms with Gasteiger partial charge in [0, 0.05) is 18.6 Å². The van der Waals surface area contributed by atoms with Crippen LogP contribution in [0.5, 0.6) is 0 Å². The fourth-order valence-corrected chi connectivity index (χ4v) is 0.872. The molecule has 0 aliphatic carbocycles. The number of nitrogens with zero attached hydrogens (tertiary/aromatic N) is 5. The minimum atomic E-state index is 0.316. The molecule has 1 rings (SSSR count). The van der Waals surface area contributed by atoms with Crippen molar-refractivity contribution in [1.29, 1.82) is 5.26 Å². The molecule has 0 aromatic carbocycles. The standard InChI is InChI=1S/C4H5N5S/c1-9(3-2-5)4-6-7-8-10-4/h3H2,1H3. The first kappa shape index (κ1) is 6.89. The summed E-state index contributed by atoms with van der Waals surface area (Å²) in [5.74, 6) is 0. The van der Waals surface area contributed by atoms with Crippen LogP contribution in [0, 0.1) is 11.3 Å². The summed E-state index contributed by atoms with van der Waals surface area (Å²) < 4.78 is 3.55.